The lowest BCUT2D eigenvalue weighted by atomic mass is 10.2. The number of carbonyl (C=O) groups is 1. The predicted molar refractivity (Wildman–Crippen MR) is 116 cm³/mol. The third-order valence-corrected chi connectivity index (χ3v) is 6.03. The zero-order valence-corrected chi connectivity index (χ0v) is 18.1. The average Bonchev–Trinajstić information content (AvgIpc) is 2.70. The molecule has 0 saturated carbocycles. The Kier molecular flexibility index (Phi) is 6.46. The fraction of sp³-hybridized carbons (Fsp3) is 0.0500. The molecule has 0 aliphatic rings. The molecule has 0 atom stereocenters. The Balaban J connectivity index is 1.72. The minimum Gasteiger partial charge on any atom is -0.322 e. The number of rotatable bonds is 7. The number of halogens is 2. The Morgan fingerprint density at radius 2 is 1.38 bits per heavy atom. The molecule has 0 bridgehead atoms. The Morgan fingerprint density at radius 1 is 0.781 bits per heavy atom. The molecular weight excluding hydrogens is 464 g/mol. The van der Waals surface area contributed by atoms with Gasteiger partial charge in [0, 0.05) is 16.9 Å². The van der Waals surface area contributed by atoms with E-state index in [9.17, 15) is 30.4 Å². The van der Waals surface area contributed by atoms with Crippen molar-refractivity contribution in [3.05, 3.63) is 83.9 Å². The third-order valence-electron chi connectivity index (χ3n) is 4.04. The minimum atomic E-state index is -3.94. The Morgan fingerprint density at radius 3 is 1.97 bits per heavy atom. The van der Waals surface area contributed by atoms with Gasteiger partial charge >= 0.3 is 0 Å². The largest absolute Gasteiger partial charge is 0.322 e. The summed E-state index contributed by atoms with van der Waals surface area (Å²) in [5, 5.41) is 2.50. The van der Waals surface area contributed by atoms with Gasteiger partial charge < -0.3 is 5.32 Å². The third kappa shape index (κ3) is 6.02. The van der Waals surface area contributed by atoms with Gasteiger partial charge in [0.15, 0.2) is 0 Å². The number of benzene rings is 3. The van der Waals surface area contributed by atoms with Gasteiger partial charge in [0.25, 0.3) is 15.9 Å². The van der Waals surface area contributed by atoms with Gasteiger partial charge in [0.05, 0.1) is 16.8 Å². The van der Waals surface area contributed by atoms with Crippen LogP contribution in [0, 0.1) is 11.6 Å². The van der Waals surface area contributed by atoms with Crippen LogP contribution in [0.25, 0.3) is 0 Å². The summed E-state index contributed by atoms with van der Waals surface area (Å²) in [6.07, 6.45) is 0.865. The van der Waals surface area contributed by atoms with Crippen molar-refractivity contribution in [2.24, 2.45) is 0 Å². The Labute approximate surface area is 183 Å². The summed E-state index contributed by atoms with van der Waals surface area (Å²) in [5.41, 5.74) is 0.156. The van der Waals surface area contributed by atoms with Gasteiger partial charge in [-0.2, -0.15) is 0 Å². The maximum Gasteiger partial charge on any atom is 0.261 e. The van der Waals surface area contributed by atoms with Crippen molar-refractivity contribution in [1.29, 1.82) is 0 Å². The summed E-state index contributed by atoms with van der Waals surface area (Å²) < 4.78 is 78.4. The Bertz CT molecular complexity index is 1360. The van der Waals surface area contributed by atoms with Gasteiger partial charge in [-0.05, 0) is 66.7 Å². The van der Waals surface area contributed by atoms with Crippen LogP contribution in [0.2, 0.25) is 0 Å². The van der Waals surface area contributed by atoms with E-state index in [0.29, 0.717) is 0 Å². The fourth-order valence-electron chi connectivity index (χ4n) is 2.60. The number of anilines is 3. The molecule has 0 aliphatic heterocycles. The molecule has 12 heteroatoms. The molecule has 8 nitrogen and oxygen atoms in total. The normalized spacial score (nSPS) is 11.6. The van der Waals surface area contributed by atoms with Crippen LogP contribution in [0.5, 0.6) is 0 Å². The molecule has 0 saturated heterocycles. The molecule has 0 unspecified atom stereocenters. The lowest BCUT2D eigenvalue weighted by Gasteiger charge is -2.11. The van der Waals surface area contributed by atoms with Crippen LogP contribution in [-0.2, 0) is 20.0 Å². The van der Waals surface area contributed by atoms with Crippen LogP contribution < -0.4 is 14.8 Å². The van der Waals surface area contributed by atoms with Gasteiger partial charge in [-0.15, -0.1) is 0 Å². The maximum atomic E-state index is 13.8. The molecule has 3 aromatic carbocycles. The van der Waals surface area contributed by atoms with Crippen molar-refractivity contribution < 1.29 is 30.4 Å². The van der Waals surface area contributed by atoms with Crippen molar-refractivity contribution in [3.8, 4) is 0 Å². The second-order valence-corrected chi connectivity index (χ2v) is 10.1. The molecule has 1 amide bonds. The molecule has 3 N–H and O–H groups in total. The zero-order valence-electron chi connectivity index (χ0n) is 16.5. The molecule has 0 spiro atoms. The van der Waals surface area contributed by atoms with Crippen LogP contribution in [0.3, 0.4) is 0 Å². The molecule has 168 valence electrons. The van der Waals surface area contributed by atoms with Gasteiger partial charge in [0.2, 0.25) is 10.0 Å². The summed E-state index contributed by atoms with van der Waals surface area (Å²) in [5.74, 6) is -1.97. The quantitative estimate of drug-likeness (QED) is 0.478. The number of amides is 1. The topological polar surface area (TPSA) is 121 Å². The molecule has 3 rings (SSSR count). The van der Waals surface area contributed by atoms with Gasteiger partial charge in [0.1, 0.15) is 11.6 Å². The van der Waals surface area contributed by atoms with Crippen molar-refractivity contribution in [3.63, 3.8) is 0 Å². The van der Waals surface area contributed by atoms with E-state index in [4.69, 9.17) is 0 Å². The zero-order chi connectivity index (χ0) is 23.5. The minimum absolute atomic E-state index is 0.129. The summed E-state index contributed by atoms with van der Waals surface area (Å²) in [6, 6.07) is 13.1. The fourth-order valence-corrected chi connectivity index (χ4v) is 4.22. The number of hydrogen-bond acceptors (Lipinski definition) is 5. The first-order valence-electron chi connectivity index (χ1n) is 8.90. The van der Waals surface area contributed by atoms with Gasteiger partial charge in [-0.1, -0.05) is 0 Å². The summed E-state index contributed by atoms with van der Waals surface area (Å²) in [6.45, 7) is 0. The van der Waals surface area contributed by atoms with Crippen molar-refractivity contribution in [2.45, 2.75) is 4.90 Å². The van der Waals surface area contributed by atoms with Crippen molar-refractivity contribution in [2.75, 3.05) is 21.0 Å². The first-order valence-corrected chi connectivity index (χ1v) is 12.3. The molecule has 0 aromatic heterocycles. The van der Waals surface area contributed by atoms with Gasteiger partial charge in [-0.25, -0.2) is 25.6 Å². The van der Waals surface area contributed by atoms with Crippen LogP contribution in [0.15, 0.2) is 71.6 Å². The van der Waals surface area contributed by atoms with E-state index in [2.05, 4.69) is 10.0 Å². The van der Waals surface area contributed by atoms with E-state index < -0.39 is 37.6 Å². The van der Waals surface area contributed by atoms with E-state index >= 15 is 0 Å². The molecular formula is C20H17F2N3O5S2. The Hall–Kier alpha value is -3.51. The predicted octanol–water partition coefficient (Wildman–Crippen LogP) is 3.39. The number of hydrogen-bond donors (Lipinski definition) is 3. The highest BCUT2D eigenvalue weighted by molar-refractivity contribution is 7.92. The highest BCUT2D eigenvalue weighted by atomic mass is 32.2. The van der Waals surface area contributed by atoms with E-state index in [1.807, 2.05) is 4.72 Å². The average molecular weight is 482 g/mol. The van der Waals surface area contributed by atoms with E-state index in [1.165, 1.54) is 30.3 Å². The lowest BCUT2D eigenvalue weighted by Crippen LogP contribution is -2.15. The van der Waals surface area contributed by atoms with Crippen LogP contribution >= 0.6 is 0 Å². The van der Waals surface area contributed by atoms with E-state index in [0.717, 1.165) is 42.7 Å². The molecule has 0 radical (unpaired) electrons. The second kappa shape index (κ2) is 8.93. The number of carbonyl (C=O) groups excluding carboxylic acids is 1. The number of nitrogens with one attached hydrogen (secondary N) is 3. The summed E-state index contributed by atoms with van der Waals surface area (Å²) in [7, 11) is -7.66. The molecule has 0 heterocycles. The standard InChI is InChI=1S/C20H17F2N3O5S2/c1-31(27,28)25-19-12-16(8-11-18(19)22)23-20(26)13-2-6-15(7-3-13)24-32(29,30)17-9-4-14(21)5-10-17/h2-12,24-25H,1H3,(H,23,26). The SMILES string of the molecule is CS(=O)(=O)Nc1cc(NC(=O)c2ccc(NS(=O)(=O)c3ccc(F)cc3)cc2)ccc1F. The monoisotopic (exact) mass is 481 g/mol. The number of sulfonamides is 2. The van der Waals surface area contributed by atoms with Crippen LogP contribution in [0.1, 0.15) is 10.4 Å². The van der Waals surface area contributed by atoms with Crippen molar-refractivity contribution >= 4 is 43.0 Å². The van der Waals surface area contributed by atoms with E-state index in [1.54, 1.807) is 0 Å². The van der Waals surface area contributed by atoms with E-state index in [-0.39, 0.29) is 27.5 Å². The molecule has 3 aromatic rings. The summed E-state index contributed by atoms with van der Waals surface area (Å²) in [4.78, 5) is 12.3. The smallest absolute Gasteiger partial charge is 0.261 e. The van der Waals surface area contributed by atoms with Crippen LogP contribution in [-0.4, -0.2) is 29.0 Å². The van der Waals surface area contributed by atoms with Crippen LogP contribution in [0.4, 0.5) is 25.8 Å². The second-order valence-electron chi connectivity index (χ2n) is 6.66. The summed E-state index contributed by atoms with van der Waals surface area (Å²) >= 11 is 0. The molecule has 32 heavy (non-hydrogen) atoms. The molecule has 0 aliphatic carbocycles. The molecule has 0 fully saturated rings. The maximum absolute atomic E-state index is 13.8. The first kappa shape index (κ1) is 23.2. The highest BCUT2D eigenvalue weighted by Gasteiger charge is 2.15. The van der Waals surface area contributed by atoms with Crippen molar-refractivity contribution in [1.82, 2.24) is 0 Å². The van der Waals surface area contributed by atoms with Gasteiger partial charge in [-0.3, -0.25) is 14.2 Å². The lowest BCUT2D eigenvalue weighted by molar-refractivity contribution is 0.102. The first-order chi connectivity index (χ1) is 14.9. The highest BCUT2D eigenvalue weighted by Crippen LogP contribution is 2.22.